The zero-order valence-corrected chi connectivity index (χ0v) is 10.0. The predicted octanol–water partition coefficient (Wildman–Crippen LogP) is 2.75. The van der Waals surface area contributed by atoms with E-state index < -0.39 is 8.80 Å². The fourth-order valence-electron chi connectivity index (χ4n) is 1.22. The Labute approximate surface area is 89.0 Å². The third-order valence-corrected chi connectivity index (χ3v) is 3.89. The van der Waals surface area contributed by atoms with Crippen molar-refractivity contribution in [2.24, 2.45) is 0 Å². The van der Waals surface area contributed by atoms with Crippen LogP contribution in [0.4, 0.5) is 0 Å². The van der Waals surface area contributed by atoms with Crippen molar-refractivity contribution in [3.05, 3.63) is 30.3 Å². The number of rotatable bonds is 3. The maximum absolute atomic E-state index is 3.39. The van der Waals surface area contributed by atoms with Gasteiger partial charge in [-0.05, 0) is 11.6 Å². The summed E-state index contributed by atoms with van der Waals surface area (Å²) in [6.45, 7) is 4.47. The van der Waals surface area contributed by atoms with Gasteiger partial charge in [0.2, 0.25) is 0 Å². The summed E-state index contributed by atoms with van der Waals surface area (Å²) in [6, 6.07) is 10.6. The molecule has 0 nitrogen and oxygen atoms in total. The lowest BCUT2D eigenvalue weighted by atomic mass is 10.3. The second-order valence-corrected chi connectivity index (χ2v) is 5.47. The molecule has 0 aromatic heterocycles. The molecule has 0 aliphatic heterocycles. The molecule has 0 spiro atoms. The fraction of sp³-hybridized carbons (Fsp3) is 0.385. The first-order chi connectivity index (χ1) is 6.84. The van der Waals surface area contributed by atoms with E-state index in [4.69, 9.17) is 0 Å². The Hall–Kier alpha value is -1.00. The van der Waals surface area contributed by atoms with Gasteiger partial charge in [-0.25, -0.2) is 0 Å². The van der Waals surface area contributed by atoms with Crippen LogP contribution in [0, 0.1) is 11.5 Å². The monoisotopic (exact) mass is 201 g/mol. The van der Waals surface area contributed by atoms with Gasteiger partial charge < -0.3 is 0 Å². The SMILES string of the molecule is CCCCC#C[Si](C)c1ccccc1. The number of unbranched alkanes of at least 4 members (excludes halogenated alkanes) is 2. The highest BCUT2D eigenvalue weighted by molar-refractivity contribution is 6.79. The summed E-state index contributed by atoms with van der Waals surface area (Å²) in [6.07, 6.45) is 3.54. The van der Waals surface area contributed by atoms with Gasteiger partial charge in [0.15, 0.2) is 8.80 Å². The molecule has 0 heterocycles. The second kappa shape index (κ2) is 6.45. The number of hydrogen-bond donors (Lipinski definition) is 0. The van der Waals surface area contributed by atoms with Gasteiger partial charge in [-0.15, -0.1) is 11.5 Å². The molecule has 0 N–H and O–H groups in total. The van der Waals surface area contributed by atoms with E-state index >= 15 is 0 Å². The molecule has 73 valence electrons. The average molecular weight is 201 g/mol. The molecule has 0 fully saturated rings. The van der Waals surface area contributed by atoms with Crippen LogP contribution in [0.15, 0.2) is 30.3 Å². The Balaban J connectivity index is 2.49. The standard InChI is InChI=1S/C13H17Si/c1-3-4-5-9-12-14(2)13-10-7-6-8-11-13/h6-8,10-11H,3-5H2,1-2H3. The summed E-state index contributed by atoms with van der Waals surface area (Å²) in [5, 5.41) is 1.42. The number of hydrogen-bond acceptors (Lipinski definition) is 0. The van der Waals surface area contributed by atoms with E-state index in [1.165, 1.54) is 18.0 Å². The molecule has 0 bridgehead atoms. The largest absolute Gasteiger partial charge is 0.175 e. The minimum absolute atomic E-state index is 0.609. The first-order valence-electron chi connectivity index (χ1n) is 5.22. The van der Waals surface area contributed by atoms with Crippen molar-refractivity contribution in [2.45, 2.75) is 32.7 Å². The Kier molecular flexibility index (Phi) is 5.10. The molecule has 0 amide bonds. The maximum Gasteiger partial charge on any atom is 0.175 e. The van der Waals surface area contributed by atoms with Crippen LogP contribution in [-0.2, 0) is 0 Å². The van der Waals surface area contributed by atoms with Crippen molar-refractivity contribution in [2.75, 3.05) is 0 Å². The van der Waals surface area contributed by atoms with Crippen LogP contribution in [0.5, 0.6) is 0 Å². The Bertz CT molecular complexity index is 305. The maximum atomic E-state index is 3.39. The van der Waals surface area contributed by atoms with Crippen molar-refractivity contribution >= 4 is 14.0 Å². The molecular formula is C13H17Si. The molecule has 0 aliphatic carbocycles. The molecular weight excluding hydrogens is 184 g/mol. The zero-order valence-electron chi connectivity index (χ0n) is 9.01. The van der Waals surface area contributed by atoms with E-state index in [0.29, 0.717) is 0 Å². The van der Waals surface area contributed by atoms with E-state index in [-0.39, 0.29) is 0 Å². The summed E-state index contributed by atoms with van der Waals surface area (Å²) in [7, 11) is -0.609. The van der Waals surface area contributed by atoms with E-state index in [9.17, 15) is 0 Å². The Morgan fingerprint density at radius 2 is 1.93 bits per heavy atom. The second-order valence-electron chi connectivity index (χ2n) is 3.40. The summed E-state index contributed by atoms with van der Waals surface area (Å²) >= 11 is 0. The first kappa shape index (κ1) is 11.1. The average Bonchev–Trinajstić information content (AvgIpc) is 2.25. The van der Waals surface area contributed by atoms with E-state index in [1.807, 2.05) is 0 Å². The summed E-state index contributed by atoms with van der Waals surface area (Å²) in [5.74, 6) is 3.28. The molecule has 1 radical (unpaired) electrons. The van der Waals surface area contributed by atoms with Crippen molar-refractivity contribution in [3.8, 4) is 11.5 Å². The summed E-state index contributed by atoms with van der Waals surface area (Å²) < 4.78 is 0. The van der Waals surface area contributed by atoms with Crippen molar-refractivity contribution in [1.29, 1.82) is 0 Å². The van der Waals surface area contributed by atoms with Gasteiger partial charge in [0.25, 0.3) is 0 Å². The van der Waals surface area contributed by atoms with E-state index in [0.717, 1.165) is 6.42 Å². The van der Waals surface area contributed by atoms with Crippen molar-refractivity contribution < 1.29 is 0 Å². The van der Waals surface area contributed by atoms with Crippen LogP contribution < -0.4 is 5.19 Å². The van der Waals surface area contributed by atoms with Crippen LogP contribution in [0.1, 0.15) is 26.2 Å². The molecule has 0 aliphatic rings. The third-order valence-electron chi connectivity index (χ3n) is 2.14. The van der Waals surface area contributed by atoms with E-state index in [2.05, 4.69) is 55.3 Å². The minimum Gasteiger partial charge on any atom is -0.127 e. The molecule has 1 aromatic carbocycles. The van der Waals surface area contributed by atoms with Gasteiger partial charge in [0, 0.05) is 6.42 Å². The van der Waals surface area contributed by atoms with Gasteiger partial charge in [0.1, 0.15) is 0 Å². The zero-order chi connectivity index (χ0) is 10.2. The lowest BCUT2D eigenvalue weighted by Crippen LogP contribution is -2.24. The van der Waals surface area contributed by atoms with Crippen LogP contribution in [-0.4, -0.2) is 8.80 Å². The Morgan fingerprint density at radius 3 is 2.57 bits per heavy atom. The fourth-order valence-corrected chi connectivity index (χ4v) is 2.45. The first-order valence-corrected chi connectivity index (χ1v) is 7.22. The highest BCUT2D eigenvalue weighted by atomic mass is 28.3. The van der Waals surface area contributed by atoms with Crippen LogP contribution in [0.2, 0.25) is 6.55 Å². The lowest BCUT2D eigenvalue weighted by Gasteiger charge is -1.99. The highest BCUT2D eigenvalue weighted by Gasteiger charge is 2.01. The molecule has 0 unspecified atom stereocenters. The molecule has 14 heavy (non-hydrogen) atoms. The minimum atomic E-state index is -0.609. The topological polar surface area (TPSA) is 0 Å². The van der Waals surface area contributed by atoms with Gasteiger partial charge in [-0.3, -0.25) is 0 Å². The predicted molar refractivity (Wildman–Crippen MR) is 65.0 cm³/mol. The van der Waals surface area contributed by atoms with Crippen LogP contribution in [0.3, 0.4) is 0 Å². The van der Waals surface area contributed by atoms with Gasteiger partial charge >= 0.3 is 0 Å². The quantitative estimate of drug-likeness (QED) is 0.401. The smallest absolute Gasteiger partial charge is 0.127 e. The summed E-state index contributed by atoms with van der Waals surface area (Å²) in [4.78, 5) is 0. The normalized spacial score (nSPS) is 9.64. The molecule has 0 atom stereocenters. The molecule has 0 saturated carbocycles. The van der Waals surface area contributed by atoms with Gasteiger partial charge in [-0.1, -0.05) is 50.2 Å². The number of benzene rings is 1. The van der Waals surface area contributed by atoms with Crippen LogP contribution >= 0.6 is 0 Å². The van der Waals surface area contributed by atoms with Gasteiger partial charge in [0.05, 0.1) is 0 Å². The van der Waals surface area contributed by atoms with Crippen molar-refractivity contribution in [3.63, 3.8) is 0 Å². The third kappa shape index (κ3) is 3.80. The molecule has 1 rings (SSSR count). The van der Waals surface area contributed by atoms with Gasteiger partial charge in [-0.2, -0.15) is 0 Å². The van der Waals surface area contributed by atoms with Crippen molar-refractivity contribution in [1.82, 2.24) is 0 Å². The van der Waals surface area contributed by atoms with E-state index in [1.54, 1.807) is 0 Å². The molecule has 0 saturated heterocycles. The molecule has 1 aromatic rings. The lowest BCUT2D eigenvalue weighted by molar-refractivity contribution is 0.828. The highest BCUT2D eigenvalue weighted by Crippen LogP contribution is 1.92. The molecule has 1 heteroatoms. The van der Waals surface area contributed by atoms with Crippen LogP contribution in [0.25, 0.3) is 0 Å². The summed E-state index contributed by atoms with van der Waals surface area (Å²) in [5.41, 5.74) is 3.39. The Morgan fingerprint density at radius 1 is 1.21 bits per heavy atom.